The fourth-order valence-corrected chi connectivity index (χ4v) is 1.99. The average Bonchev–Trinajstić information content (AvgIpc) is 2.31. The summed E-state index contributed by atoms with van der Waals surface area (Å²) in [5.74, 6) is -1.26. The molecule has 1 amide bonds. The van der Waals surface area contributed by atoms with Crippen molar-refractivity contribution in [3.8, 4) is 0 Å². The van der Waals surface area contributed by atoms with Crippen LogP contribution in [0.5, 0.6) is 0 Å². The van der Waals surface area contributed by atoms with E-state index in [1.54, 1.807) is 26.0 Å². The van der Waals surface area contributed by atoms with E-state index in [-0.39, 0.29) is 11.5 Å². The second-order valence-corrected chi connectivity index (χ2v) is 5.46. The number of carbonyl (C=O) groups is 2. The van der Waals surface area contributed by atoms with E-state index in [9.17, 15) is 9.59 Å². The molecule has 3 N–H and O–H groups in total. The Labute approximate surface area is 120 Å². The average molecular weight is 329 g/mol. The van der Waals surface area contributed by atoms with Crippen LogP contribution in [-0.2, 0) is 4.79 Å². The fraction of sp³-hybridized carbons (Fsp3) is 0.385. The van der Waals surface area contributed by atoms with E-state index in [1.165, 1.54) is 6.07 Å². The van der Waals surface area contributed by atoms with Gasteiger partial charge in [-0.3, -0.25) is 4.79 Å². The second-order valence-electron chi connectivity index (χ2n) is 4.61. The number of carboxylic acid groups (broad SMARTS) is 1. The SMILES string of the molecule is CCNC(C)(C)C(=O)Nc1ccc(Br)c(C(=O)O)c1. The zero-order valence-corrected chi connectivity index (χ0v) is 12.7. The number of hydrogen-bond acceptors (Lipinski definition) is 3. The summed E-state index contributed by atoms with van der Waals surface area (Å²) in [6.07, 6.45) is 0. The van der Waals surface area contributed by atoms with Crippen molar-refractivity contribution in [2.24, 2.45) is 0 Å². The molecule has 0 aliphatic rings. The Balaban J connectivity index is 2.92. The van der Waals surface area contributed by atoms with E-state index in [0.717, 1.165) is 0 Å². The Kier molecular flexibility index (Phi) is 5.08. The number of halogens is 1. The first-order valence-electron chi connectivity index (χ1n) is 5.87. The lowest BCUT2D eigenvalue weighted by Crippen LogP contribution is -2.49. The third-order valence-electron chi connectivity index (χ3n) is 2.64. The fourth-order valence-electron chi connectivity index (χ4n) is 1.58. The Morgan fingerprint density at radius 1 is 1.37 bits per heavy atom. The second kappa shape index (κ2) is 6.16. The molecule has 0 fully saturated rings. The van der Waals surface area contributed by atoms with Crippen molar-refractivity contribution in [1.82, 2.24) is 5.32 Å². The Morgan fingerprint density at radius 3 is 2.53 bits per heavy atom. The van der Waals surface area contributed by atoms with Gasteiger partial charge in [0.2, 0.25) is 5.91 Å². The molecule has 19 heavy (non-hydrogen) atoms. The van der Waals surface area contributed by atoms with Crippen LogP contribution in [-0.4, -0.2) is 29.1 Å². The molecular formula is C13H17BrN2O3. The van der Waals surface area contributed by atoms with E-state index < -0.39 is 11.5 Å². The highest BCUT2D eigenvalue weighted by Gasteiger charge is 2.26. The summed E-state index contributed by atoms with van der Waals surface area (Å²) < 4.78 is 0.476. The van der Waals surface area contributed by atoms with Crippen LogP contribution in [0.3, 0.4) is 0 Å². The van der Waals surface area contributed by atoms with Crippen LogP contribution in [0.1, 0.15) is 31.1 Å². The predicted octanol–water partition coefficient (Wildman–Crippen LogP) is 2.47. The van der Waals surface area contributed by atoms with Gasteiger partial charge < -0.3 is 15.7 Å². The minimum atomic E-state index is -1.05. The molecule has 104 valence electrons. The number of likely N-dealkylation sites (N-methyl/N-ethyl adjacent to an activating group) is 1. The van der Waals surface area contributed by atoms with Gasteiger partial charge >= 0.3 is 5.97 Å². The number of anilines is 1. The molecule has 1 rings (SSSR count). The van der Waals surface area contributed by atoms with Gasteiger partial charge in [-0.25, -0.2) is 4.79 Å². The van der Waals surface area contributed by atoms with Crippen LogP contribution in [0.4, 0.5) is 5.69 Å². The maximum atomic E-state index is 12.1. The zero-order chi connectivity index (χ0) is 14.6. The van der Waals surface area contributed by atoms with Crippen molar-refractivity contribution in [3.05, 3.63) is 28.2 Å². The first kappa shape index (κ1) is 15.7. The quantitative estimate of drug-likeness (QED) is 0.775. The van der Waals surface area contributed by atoms with E-state index in [0.29, 0.717) is 16.7 Å². The van der Waals surface area contributed by atoms with Crippen molar-refractivity contribution in [2.75, 3.05) is 11.9 Å². The number of carbonyl (C=O) groups excluding carboxylic acids is 1. The maximum Gasteiger partial charge on any atom is 0.336 e. The largest absolute Gasteiger partial charge is 0.478 e. The first-order valence-corrected chi connectivity index (χ1v) is 6.66. The van der Waals surface area contributed by atoms with Crippen LogP contribution in [0.2, 0.25) is 0 Å². The van der Waals surface area contributed by atoms with E-state index >= 15 is 0 Å². The van der Waals surface area contributed by atoms with Gasteiger partial charge in [0.1, 0.15) is 0 Å². The smallest absolute Gasteiger partial charge is 0.336 e. The molecule has 0 heterocycles. The summed E-state index contributed by atoms with van der Waals surface area (Å²) in [5.41, 5.74) is -0.152. The number of aromatic carboxylic acids is 1. The van der Waals surface area contributed by atoms with Crippen molar-refractivity contribution >= 4 is 33.5 Å². The van der Waals surface area contributed by atoms with Gasteiger partial charge in [0.15, 0.2) is 0 Å². The van der Waals surface area contributed by atoms with Gasteiger partial charge in [0, 0.05) is 10.2 Å². The molecule has 0 aliphatic heterocycles. The van der Waals surface area contributed by atoms with Crippen LogP contribution < -0.4 is 10.6 Å². The highest BCUT2D eigenvalue weighted by Crippen LogP contribution is 2.21. The molecule has 0 spiro atoms. The molecule has 0 aliphatic carbocycles. The molecule has 0 aromatic heterocycles. The van der Waals surface area contributed by atoms with E-state index in [1.807, 2.05) is 6.92 Å². The highest BCUT2D eigenvalue weighted by molar-refractivity contribution is 9.10. The third kappa shape index (κ3) is 4.04. The Morgan fingerprint density at radius 2 is 2.00 bits per heavy atom. The molecule has 0 bridgehead atoms. The van der Waals surface area contributed by atoms with Gasteiger partial charge in [-0.1, -0.05) is 6.92 Å². The zero-order valence-electron chi connectivity index (χ0n) is 11.1. The molecule has 1 aromatic rings. The lowest BCUT2D eigenvalue weighted by molar-refractivity contribution is -0.121. The number of nitrogens with one attached hydrogen (secondary N) is 2. The molecule has 0 atom stereocenters. The van der Waals surface area contributed by atoms with E-state index in [4.69, 9.17) is 5.11 Å². The molecule has 0 saturated carbocycles. The van der Waals surface area contributed by atoms with Crippen molar-refractivity contribution < 1.29 is 14.7 Å². The molecule has 0 radical (unpaired) electrons. The number of rotatable bonds is 5. The van der Waals surface area contributed by atoms with Crippen LogP contribution in [0.25, 0.3) is 0 Å². The Hall–Kier alpha value is -1.40. The van der Waals surface area contributed by atoms with Crippen LogP contribution >= 0.6 is 15.9 Å². The summed E-state index contributed by atoms with van der Waals surface area (Å²) in [6.45, 7) is 6.12. The molecule has 6 heteroatoms. The highest BCUT2D eigenvalue weighted by atomic mass is 79.9. The van der Waals surface area contributed by atoms with E-state index in [2.05, 4.69) is 26.6 Å². The monoisotopic (exact) mass is 328 g/mol. The number of carboxylic acids is 1. The molecule has 5 nitrogen and oxygen atoms in total. The molecule has 1 aromatic carbocycles. The third-order valence-corrected chi connectivity index (χ3v) is 3.33. The number of hydrogen-bond donors (Lipinski definition) is 3. The van der Waals surface area contributed by atoms with Gasteiger partial charge in [-0.2, -0.15) is 0 Å². The maximum absolute atomic E-state index is 12.1. The van der Waals surface area contributed by atoms with Gasteiger partial charge in [0.25, 0.3) is 0 Å². The van der Waals surface area contributed by atoms with Gasteiger partial charge in [-0.05, 0) is 54.5 Å². The van der Waals surface area contributed by atoms with Gasteiger partial charge in [0.05, 0.1) is 11.1 Å². The van der Waals surface area contributed by atoms with Crippen molar-refractivity contribution in [1.29, 1.82) is 0 Å². The van der Waals surface area contributed by atoms with Crippen LogP contribution in [0, 0.1) is 0 Å². The summed E-state index contributed by atoms with van der Waals surface area (Å²) in [5, 5.41) is 14.8. The van der Waals surface area contributed by atoms with Crippen molar-refractivity contribution in [2.45, 2.75) is 26.3 Å². The minimum Gasteiger partial charge on any atom is -0.478 e. The summed E-state index contributed by atoms with van der Waals surface area (Å²) in [4.78, 5) is 23.1. The predicted molar refractivity (Wildman–Crippen MR) is 77.5 cm³/mol. The van der Waals surface area contributed by atoms with Gasteiger partial charge in [-0.15, -0.1) is 0 Å². The van der Waals surface area contributed by atoms with Crippen LogP contribution in [0.15, 0.2) is 22.7 Å². The van der Waals surface area contributed by atoms with Crippen molar-refractivity contribution in [3.63, 3.8) is 0 Å². The Bertz CT molecular complexity index is 501. The number of amides is 1. The first-order chi connectivity index (χ1) is 8.77. The topological polar surface area (TPSA) is 78.4 Å². The normalized spacial score (nSPS) is 11.2. The summed E-state index contributed by atoms with van der Waals surface area (Å²) in [6, 6.07) is 4.67. The minimum absolute atomic E-state index is 0.110. The summed E-state index contributed by atoms with van der Waals surface area (Å²) >= 11 is 3.16. The lowest BCUT2D eigenvalue weighted by atomic mass is 10.0. The molecular weight excluding hydrogens is 312 g/mol. The molecule has 0 saturated heterocycles. The summed E-state index contributed by atoms with van der Waals surface area (Å²) in [7, 11) is 0. The molecule has 0 unspecified atom stereocenters. The standard InChI is InChI=1S/C13H17BrN2O3/c1-4-15-13(2,3)12(19)16-8-5-6-10(14)9(7-8)11(17)18/h5-7,15H,4H2,1-3H3,(H,16,19)(H,17,18). The number of benzene rings is 1. The lowest BCUT2D eigenvalue weighted by Gasteiger charge is -2.24.